The van der Waals surface area contributed by atoms with E-state index in [4.69, 9.17) is 4.74 Å². The highest BCUT2D eigenvalue weighted by molar-refractivity contribution is 7.99. The van der Waals surface area contributed by atoms with Crippen molar-refractivity contribution >= 4 is 23.4 Å². The van der Waals surface area contributed by atoms with E-state index in [1.165, 1.54) is 12.1 Å². The number of benzene rings is 1. The SMILES string of the molecule is COCCCn1c(SCC(=O)Nc2cccc(C(F)(F)F)c2)nnc1-c1ccncc1. The Morgan fingerprint density at radius 1 is 1.19 bits per heavy atom. The smallest absolute Gasteiger partial charge is 0.385 e. The number of aromatic nitrogens is 4. The Bertz CT molecular complexity index is 1010. The van der Waals surface area contributed by atoms with Crippen molar-refractivity contribution in [3.63, 3.8) is 0 Å². The van der Waals surface area contributed by atoms with Crippen LogP contribution in [0.25, 0.3) is 11.4 Å². The summed E-state index contributed by atoms with van der Waals surface area (Å²) >= 11 is 1.16. The van der Waals surface area contributed by atoms with Crippen molar-refractivity contribution in [3.8, 4) is 11.4 Å². The number of anilines is 1. The quantitative estimate of drug-likeness (QED) is 0.389. The van der Waals surface area contributed by atoms with E-state index in [-0.39, 0.29) is 11.4 Å². The van der Waals surface area contributed by atoms with Gasteiger partial charge in [-0.05, 0) is 36.8 Å². The van der Waals surface area contributed by atoms with Gasteiger partial charge < -0.3 is 14.6 Å². The number of thioether (sulfide) groups is 1. The van der Waals surface area contributed by atoms with Crippen LogP contribution < -0.4 is 5.32 Å². The van der Waals surface area contributed by atoms with E-state index in [9.17, 15) is 18.0 Å². The molecule has 1 N–H and O–H groups in total. The molecule has 31 heavy (non-hydrogen) atoms. The number of methoxy groups -OCH3 is 1. The third-order valence-electron chi connectivity index (χ3n) is 4.19. The van der Waals surface area contributed by atoms with Crippen LogP contribution in [-0.2, 0) is 22.3 Å². The van der Waals surface area contributed by atoms with Crippen molar-refractivity contribution in [2.75, 3.05) is 24.8 Å². The van der Waals surface area contributed by atoms with Crippen LogP contribution in [0.15, 0.2) is 53.9 Å². The molecule has 11 heteroatoms. The van der Waals surface area contributed by atoms with E-state index in [2.05, 4.69) is 20.5 Å². The second kappa shape index (κ2) is 10.4. The van der Waals surface area contributed by atoms with Gasteiger partial charge in [-0.1, -0.05) is 17.8 Å². The van der Waals surface area contributed by atoms with Crippen LogP contribution in [0.5, 0.6) is 0 Å². The Balaban J connectivity index is 1.69. The average molecular weight is 451 g/mol. The molecule has 0 aliphatic heterocycles. The van der Waals surface area contributed by atoms with Crippen LogP contribution >= 0.6 is 11.8 Å². The second-order valence-corrected chi connectivity index (χ2v) is 7.40. The summed E-state index contributed by atoms with van der Waals surface area (Å²) in [5.74, 6) is 0.162. The van der Waals surface area contributed by atoms with Gasteiger partial charge in [0.15, 0.2) is 11.0 Å². The number of ether oxygens (including phenoxy) is 1. The molecule has 3 aromatic rings. The van der Waals surface area contributed by atoms with Crippen LogP contribution in [0.4, 0.5) is 18.9 Å². The first-order chi connectivity index (χ1) is 14.9. The van der Waals surface area contributed by atoms with Gasteiger partial charge in [-0.2, -0.15) is 13.2 Å². The Labute approximate surface area is 181 Å². The lowest BCUT2D eigenvalue weighted by atomic mass is 10.2. The van der Waals surface area contributed by atoms with E-state index in [1.807, 2.05) is 16.7 Å². The monoisotopic (exact) mass is 451 g/mol. The highest BCUT2D eigenvalue weighted by Crippen LogP contribution is 2.31. The molecular weight excluding hydrogens is 431 g/mol. The predicted octanol–water partition coefficient (Wildman–Crippen LogP) is 4.13. The fraction of sp³-hybridized carbons (Fsp3) is 0.300. The molecule has 0 spiro atoms. The zero-order chi connectivity index (χ0) is 22.3. The number of carbonyl (C=O) groups excluding carboxylic acids is 1. The Hall–Kier alpha value is -2.92. The number of nitrogens with zero attached hydrogens (tertiary/aromatic N) is 4. The predicted molar refractivity (Wildman–Crippen MR) is 111 cm³/mol. The van der Waals surface area contributed by atoms with E-state index in [0.29, 0.717) is 24.1 Å². The highest BCUT2D eigenvalue weighted by Gasteiger charge is 2.30. The lowest BCUT2D eigenvalue weighted by molar-refractivity contribution is -0.137. The summed E-state index contributed by atoms with van der Waals surface area (Å²) in [7, 11) is 1.61. The van der Waals surface area contributed by atoms with Crippen molar-refractivity contribution in [3.05, 3.63) is 54.4 Å². The van der Waals surface area contributed by atoms with Crippen LogP contribution in [0, 0.1) is 0 Å². The Morgan fingerprint density at radius 3 is 2.68 bits per heavy atom. The Morgan fingerprint density at radius 2 is 1.97 bits per heavy atom. The molecule has 3 rings (SSSR count). The normalized spacial score (nSPS) is 11.5. The summed E-state index contributed by atoms with van der Waals surface area (Å²) < 4.78 is 45.5. The van der Waals surface area contributed by atoms with Crippen LogP contribution in [-0.4, -0.2) is 45.1 Å². The maximum atomic E-state index is 12.8. The molecular formula is C20H20F3N5O2S. The van der Waals surface area contributed by atoms with Crippen LogP contribution in [0.3, 0.4) is 0 Å². The molecule has 0 aliphatic rings. The molecule has 2 heterocycles. The standard InChI is InChI=1S/C20H20F3N5O2S/c1-30-11-3-10-28-18(14-6-8-24-9-7-14)26-27-19(28)31-13-17(29)25-16-5-2-4-15(12-16)20(21,22)23/h2,4-9,12H,3,10-11,13H2,1H3,(H,25,29). The molecule has 2 aromatic heterocycles. The third-order valence-corrected chi connectivity index (χ3v) is 5.16. The van der Waals surface area contributed by atoms with Crippen molar-refractivity contribution in [2.45, 2.75) is 24.3 Å². The second-order valence-electron chi connectivity index (χ2n) is 6.46. The number of hydrogen-bond acceptors (Lipinski definition) is 6. The molecule has 0 saturated carbocycles. The first-order valence-corrected chi connectivity index (χ1v) is 10.3. The maximum Gasteiger partial charge on any atom is 0.416 e. The van der Waals surface area contributed by atoms with Gasteiger partial charge in [-0.25, -0.2) is 0 Å². The molecule has 0 fully saturated rings. The summed E-state index contributed by atoms with van der Waals surface area (Å²) in [6, 6.07) is 8.13. The average Bonchev–Trinajstić information content (AvgIpc) is 3.15. The van der Waals surface area contributed by atoms with Gasteiger partial charge in [0, 0.05) is 43.9 Å². The van der Waals surface area contributed by atoms with Crippen molar-refractivity contribution in [1.82, 2.24) is 19.7 Å². The molecule has 0 saturated heterocycles. The molecule has 0 bridgehead atoms. The van der Waals surface area contributed by atoms with Gasteiger partial charge >= 0.3 is 6.18 Å². The molecule has 0 atom stereocenters. The van der Waals surface area contributed by atoms with E-state index < -0.39 is 17.6 Å². The van der Waals surface area contributed by atoms with Crippen molar-refractivity contribution < 1.29 is 22.7 Å². The fourth-order valence-electron chi connectivity index (χ4n) is 2.78. The molecule has 0 aliphatic carbocycles. The Kier molecular flexibility index (Phi) is 7.64. The topological polar surface area (TPSA) is 81.9 Å². The van der Waals surface area contributed by atoms with E-state index >= 15 is 0 Å². The lowest BCUT2D eigenvalue weighted by Gasteiger charge is -2.11. The van der Waals surface area contributed by atoms with E-state index in [0.717, 1.165) is 35.9 Å². The summed E-state index contributed by atoms with van der Waals surface area (Å²) in [6.45, 7) is 1.13. The first kappa shape index (κ1) is 22.8. The van der Waals surface area contributed by atoms with Gasteiger partial charge in [0.1, 0.15) is 0 Å². The van der Waals surface area contributed by atoms with Gasteiger partial charge in [0.05, 0.1) is 11.3 Å². The number of amides is 1. The molecule has 1 aromatic carbocycles. The number of halogens is 3. The minimum Gasteiger partial charge on any atom is -0.385 e. The molecule has 0 unspecified atom stereocenters. The minimum atomic E-state index is -4.47. The number of alkyl halides is 3. The van der Waals surface area contributed by atoms with Crippen molar-refractivity contribution in [2.24, 2.45) is 0 Å². The zero-order valence-corrected chi connectivity index (χ0v) is 17.4. The summed E-state index contributed by atoms with van der Waals surface area (Å²) in [5.41, 5.74) is 0.0949. The summed E-state index contributed by atoms with van der Waals surface area (Å²) in [4.78, 5) is 16.3. The number of nitrogens with one attached hydrogen (secondary N) is 1. The highest BCUT2D eigenvalue weighted by atomic mass is 32.2. The van der Waals surface area contributed by atoms with Crippen molar-refractivity contribution in [1.29, 1.82) is 0 Å². The minimum absolute atomic E-state index is 0.0327. The first-order valence-electron chi connectivity index (χ1n) is 9.31. The zero-order valence-electron chi connectivity index (χ0n) is 16.6. The number of hydrogen-bond donors (Lipinski definition) is 1. The molecule has 0 radical (unpaired) electrons. The van der Waals surface area contributed by atoms with Gasteiger partial charge in [0.2, 0.25) is 5.91 Å². The van der Waals surface area contributed by atoms with E-state index in [1.54, 1.807) is 19.5 Å². The molecule has 7 nitrogen and oxygen atoms in total. The molecule has 164 valence electrons. The third kappa shape index (κ3) is 6.28. The van der Waals surface area contributed by atoms with Crippen LogP contribution in [0.1, 0.15) is 12.0 Å². The van der Waals surface area contributed by atoms with Gasteiger partial charge in [-0.3, -0.25) is 9.78 Å². The number of carbonyl (C=O) groups is 1. The van der Waals surface area contributed by atoms with Gasteiger partial charge in [-0.15, -0.1) is 10.2 Å². The maximum absolute atomic E-state index is 12.8. The van der Waals surface area contributed by atoms with Crippen LogP contribution in [0.2, 0.25) is 0 Å². The summed E-state index contributed by atoms with van der Waals surface area (Å²) in [6.07, 6.45) is -0.453. The number of rotatable bonds is 9. The van der Waals surface area contributed by atoms with Gasteiger partial charge in [0.25, 0.3) is 0 Å². The summed E-state index contributed by atoms with van der Waals surface area (Å²) in [5, 5.41) is 11.4. The largest absolute Gasteiger partial charge is 0.416 e. The molecule has 1 amide bonds. The lowest BCUT2D eigenvalue weighted by Crippen LogP contribution is -2.15. The number of pyridine rings is 1. The fourth-order valence-corrected chi connectivity index (χ4v) is 3.54.